The molecule has 164 valence electrons. The zero-order valence-electron chi connectivity index (χ0n) is 18.4. The van der Waals surface area contributed by atoms with Gasteiger partial charge in [0, 0.05) is 31.1 Å². The topological polar surface area (TPSA) is 69.0 Å². The number of amides is 1. The van der Waals surface area contributed by atoms with E-state index in [4.69, 9.17) is 13.9 Å². The van der Waals surface area contributed by atoms with Gasteiger partial charge >= 0.3 is 5.63 Å². The lowest BCUT2D eigenvalue weighted by atomic mass is 10.1. The van der Waals surface area contributed by atoms with E-state index in [1.807, 2.05) is 43.3 Å². The summed E-state index contributed by atoms with van der Waals surface area (Å²) in [5.74, 6) is 1.15. The molecule has 4 aromatic rings. The van der Waals surface area contributed by atoms with Crippen LogP contribution in [0.15, 0.2) is 69.9 Å². The lowest BCUT2D eigenvalue weighted by Gasteiger charge is -2.18. The van der Waals surface area contributed by atoms with Crippen LogP contribution in [0.5, 0.6) is 11.5 Å². The van der Waals surface area contributed by atoms with Gasteiger partial charge in [-0.15, -0.1) is 0 Å². The number of nitrogens with zero attached hydrogens (tertiary/aromatic N) is 1. The van der Waals surface area contributed by atoms with Crippen molar-refractivity contribution in [3.63, 3.8) is 0 Å². The number of ether oxygens (including phenoxy) is 2. The molecule has 0 aliphatic heterocycles. The smallest absolute Gasteiger partial charge is 0.336 e. The minimum absolute atomic E-state index is 0.107. The summed E-state index contributed by atoms with van der Waals surface area (Å²) in [5.41, 5.74) is 2.02. The Labute approximate surface area is 186 Å². The van der Waals surface area contributed by atoms with E-state index in [1.165, 1.54) is 6.07 Å². The molecule has 0 saturated heterocycles. The van der Waals surface area contributed by atoms with Crippen LogP contribution in [0.4, 0.5) is 0 Å². The van der Waals surface area contributed by atoms with E-state index in [-0.39, 0.29) is 12.5 Å². The number of benzene rings is 3. The summed E-state index contributed by atoms with van der Waals surface area (Å²) in [7, 11) is 3.39. The van der Waals surface area contributed by atoms with Crippen molar-refractivity contribution in [2.45, 2.75) is 19.9 Å². The molecule has 0 aliphatic rings. The number of likely N-dealkylation sites (N-methyl/N-ethyl adjacent to an activating group) is 1. The van der Waals surface area contributed by atoms with Gasteiger partial charge in [-0.25, -0.2) is 4.79 Å². The Kier molecular flexibility index (Phi) is 6.12. The van der Waals surface area contributed by atoms with Gasteiger partial charge in [0.1, 0.15) is 17.1 Å². The van der Waals surface area contributed by atoms with Gasteiger partial charge in [0.05, 0.1) is 7.11 Å². The summed E-state index contributed by atoms with van der Waals surface area (Å²) in [6, 6.07) is 18.8. The van der Waals surface area contributed by atoms with E-state index in [0.717, 1.165) is 39.5 Å². The monoisotopic (exact) mass is 431 g/mol. The fourth-order valence-corrected chi connectivity index (χ4v) is 3.71. The largest absolute Gasteiger partial charge is 0.497 e. The number of rotatable bonds is 7. The molecule has 0 spiro atoms. The SMILES string of the molecule is CCc1cc(=O)oc2cc(OCC(=O)N(C)Cc3ccc4cc(OC)ccc4c3)ccc12. The first kappa shape index (κ1) is 21.4. The third-order valence-corrected chi connectivity index (χ3v) is 5.50. The van der Waals surface area contributed by atoms with Crippen molar-refractivity contribution < 1.29 is 18.7 Å². The van der Waals surface area contributed by atoms with Crippen LogP contribution in [-0.2, 0) is 17.8 Å². The van der Waals surface area contributed by atoms with Crippen LogP contribution in [0.2, 0.25) is 0 Å². The van der Waals surface area contributed by atoms with Crippen molar-refractivity contribution in [1.29, 1.82) is 0 Å². The van der Waals surface area contributed by atoms with Gasteiger partial charge < -0.3 is 18.8 Å². The Morgan fingerprint density at radius 3 is 2.50 bits per heavy atom. The Balaban J connectivity index is 1.41. The highest BCUT2D eigenvalue weighted by Crippen LogP contribution is 2.24. The Morgan fingerprint density at radius 2 is 1.72 bits per heavy atom. The van der Waals surface area contributed by atoms with Gasteiger partial charge in [0.2, 0.25) is 0 Å². The molecule has 0 atom stereocenters. The minimum atomic E-state index is -0.392. The second-order valence-corrected chi connectivity index (χ2v) is 7.69. The number of aryl methyl sites for hydroxylation is 1. The Bertz CT molecular complexity index is 1340. The summed E-state index contributed by atoms with van der Waals surface area (Å²) in [6.07, 6.45) is 0.730. The summed E-state index contributed by atoms with van der Waals surface area (Å²) < 4.78 is 16.2. The van der Waals surface area contributed by atoms with Crippen LogP contribution in [-0.4, -0.2) is 31.6 Å². The molecule has 6 heteroatoms. The lowest BCUT2D eigenvalue weighted by molar-refractivity contribution is -0.132. The molecule has 1 amide bonds. The summed E-state index contributed by atoms with van der Waals surface area (Å²) in [5, 5.41) is 3.04. The predicted octanol–water partition coefficient (Wildman–Crippen LogP) is 4.55. The van der Waals surface area contributed by atoms with E-state index >= 15 is 0 Å². The van der Waals surface area contributed by atoms with Crippen molar-refractivity contribution in [3.05, 3.63) is 82.2 Å². The van der Waals surface area contributed by atoms with Crippen molar-refractivity contribution in [3.8, 4) is 11.5 Å². The average molecular weight is 431 g/mol. The molecular formula is C26H25NO5. The molecule has 1 aromatic heterocycles. The highest BCUT2D eigenvalue weighted by atomic mass is 16.5. The first-order valence-electron chi connectivity index (χ1n) is 10.5. The third kappa shape index (κ3) is 4.59. The Morgan fingerprint density at radius 1 is 0.969 bits per heavy atom. The van der Waals surface area contributed by atoms with Crippen molar-refractivity contribution in [2.24, 2.45) is 0 Å². The summed E-state index contributed by atoms with van der Waals surface area (Å²) >= 11 is 0. The van der Waals surface area contributed by atoms with Crippen molar-refractivity contribution in [1.82, 2.24) is 4.90 Å². The number of fused-ring (bicyclic) bond motifs is 2. The molecule has 0 saturated carbocycles. The fraction of sp³-hybridized carbons (Fsp3) is 0.231. The highest BCUT2D eigenvalue weighted by Gasteiger charge is 2.12. The normalized spacial score (nSPS) is 11.0. The highest BCUT2D eigenvalue weighted by molar-refractivity contribution is 5.85. The fourth-order valence-electron chi connectivity index (χ4n) is 3.71. The van der Waals surface area contributed by atoms with E-state index in [1.54, 1.807) is 31.2 Å². The van der Waals surface area contributed by atoms with Crippen LogP contribution >= 0.6 is 0 Å². The van der Waals surface area contributed by atoms with E-state index in [9.17, 15) is 9.59 Å². The molecule has 6 nitrogen and oxygen atoms in total. The molecule has 4 rings (SSSR count). The summed E-state index contributed by atoms with van der Waals surface area (Å²) in [4.78, 5) is 26.0. The second-order valence-electron chi connectivity index (χ2n) is 7.69. The molecule has 0 bridgehead atoms. The van der Waals surface area contributed by atoms with Gasteiger partial charge in [-0.3, -0.25) is 4.79 Å². The molecule has 0 fully saturated rings. The van der Waals surface area contributed by atoms with E-state index < -0.39 is 5.63 Å². The maximum absolute atomic E-state index is 12.6. The zero-order valence-corrected chi connectivity index (χ0v) is 18.4. The van der Waals surface area contributed by atoms with Crippen molar-refractivity contribution in [2.75, 3.05) is 20.8 Å². The second kappa shape index (κ2) is 9.14. The number of methoxy groups -OCH3 is 1. The van der Waals surface area contributed by atoms with Crippen molar-refractivity contribution >= 4 is 27.6 Å². The minimum Gasteiger partial charge on any atom is -0.497 e. The maximum atomic E-state index is 12.6. The van der Waals surface area contributed by atoms with Gasteiger partial charge in [0.25, 0.3) is 5.91 Å². The maximum Gasteiger partial charge on any atom is 0.336 e. The number of hydrogen-bond acceptors (Lipinski definition) is 5. The standard InChI is InChI=1S/C26H25NO5/c1-4-18-13-26(29)32-24-14-22(9-10-23(18)24)31-16-25(28)27(2)15-17-5-6-20-12-21(30-3)8-7-19(20)11-17/h5-14H,4,15-16H2,1-3H3. The molecule has 0 unspecified atom stereocenters. The van der Waals surface area contributed by atoms with Crippen LogP contribution in [0.3, 0.4) is 0 Å². The van der Waals surface area contributed by atoms with Gasteiger partial charge in [0.15, 0.2) is 6.61 Å². The Hall–Kier alpha value is -3.80. The molecule has 0 radical (unpaired) electrons. The predicted molar refractivity (Wildman–Crippen MR) is 124 cm³/mol. The average Bonchev–Trinajstić information content (AvgIpc) is 2.81. The zero-order chi connectivity index (χ0) is 22.7. The molecule has 0 aliphatic carbocycles. The van der Waals surface area contributed by atoms with E-state index in [2.05, 4.69) is 6.07 Å². The number of carbonyl (C=O) groups excluding carboxylic acids is 1. The molecule has 1 heterocycles. The first-order valence-corrected chi connectivity index (χ1v) is 10.5. The summed E-state index contributed by atoms with van der Waals surface area (Å²) in [6.45, 7) is 2.35. The lowest BCUT2D eigenvalue weighted by Crippen LogP contribution is -2.30. The molecule has 32 heavy (non-hydrogen) atoms. The van der Waals surface area contributed by atoms with Gasteiger partial charge in [-0.05, 0) is 58.7 Å². The molecular weight excluding hydrogens is 406 g/mol. The molecule has 3 aromatic carbocycles. The third-order valence-electron chi connectivity index (χ3n) is 5.50. The van der Waals surface area contributed by atoms with Crippen LogP contribution in [0.1, 0.15) is 18.1 Å². The van der Waals surface area contributed by atoms with Gasteiger partial charge in [-0.1, -0.05) is 25.1 Å². The first-order chi connectivity index (χ1) is 15.5. The number of hydrogen-bond donors (Lipinski definition) is 0. The van der Waals surface area contributed by atoms with Crippen LogP contribution in [0, 0.1) is 0 Å². The van der Waals surface area contributed by atoms with Gasteiger partial charge in [-0.2, -0.15) is 0 Å². The van der Waals surface area contributed by atoms with E-state index in [0.29, 0.717) is 17.9 Å². The quantitative estimate of drug-likeness (QED) is 0.402. The van der Waals surface area contributed by atoms with Crippen LogP contribution < -0.4 is 15.1 Å². The molecule has 0 N–H and O–H groups in total. The van der Waals surface area contributed by atoms with Crippen LogP contribution in [0.25, 0.3) is 21.7 Å². The number of carbonyl (C=O) groups is 1.